The zero-order valence-electron chi connectivity index (χ0n) is 23.1. The molecule has 0 aliphatic heterocycles. The van der Waals surface area contributed by atoms with E-state index in [1.807, 2.05) is 0 Å². The van der Waals surface area contributed by atoms with Gasteiger partial charge in [-0.25, -0.2) is 4.57 Å². The number of hydrogen-bond donors (Lipinski definition) is 0. The second-order valence-electron chi connectivity index (χ2n) is 10.6. The maximum absolute atomic E-state index is 2.48. The van der Waals surface area contributed by atoms with Gasteiger partial charge in [0.15, 0.2) is 0 Å². The molecule has 0 radical (unpaired) electrons. The predicted molar refractivity (Wildman–Crippen MR) is 155 cm³/mol. The molecule has 0 unspecified atom stereocenters. The zero-order valence-corrected chi connectivity index (χ0v) is 23.1. The van der Waals surface area contributed by atoms with Crippen molar-refractivity contribution < 1.29 is 4.57 Å². The Hall–Kier alpha value is -2.35. The Morgan fingerprint density at radius 3 is 1.56 bits per heavy atom. The van der Waals surface area contributed by atoms with Crippen LogP contribution in [0.25, 0.3) is 5.69 Å². The van der Waals surface area contributed by atoms with Gasteiger partial charge in [-0.1, -0.05) is 145 Å². The first-order chi connectivity index (χ1) is 17.9. The molecule has 36 heavy (non-hydrogen) atoms. The van der Waals surface area contributed by atoms with Crippen molar-refractivity contribution in [2.24, 2.45) is 0 Å². The third-order valence-corrected chi connectivity index (χ3v) is 7.50. The van der Waals surface area contributed by atoms with Gasteiger partial charge in [-0.15, -0.1) is 0 Å². The van der Waals surface area contributed by atoms with Crippen LogP contribution in [0.2, 0.25) is 0 Å². The van der Waals surface area contributed by atoms with Crippen LogP contribution >= 0.6 is 0 Å². The summed E-state index contributed by atoms with van der Waals surface area (Å²) in [5.74, 6) is 1.37. The molecule has 0 aliphatic rings. The molecule has 2 aromatic carbocycles. The quantitative estimate of drug-likeness (QED) is 0.111. The maximum Gasteiger partial charge on any atom is 0.266 e. The van der Waals surface area contributed by atoms with Gasteiger partial charge in [-0.05, 0) is 30.5 Å². The Morgan fingerprint density at radius 1 is 0.556 bits per heavy atom. The van der Waals surface area contributed by atoms with Crippen LogP contribution in [0, 0.1) is 0 Å². The lowest BCUT2D eigenvalue weighted by Crippen LogP contribution is -2.37. The summed E-state index contributed by atoms with van der Waals surface area (Å²) in [6, 6.07) is 21.6. The van der Waals surface area contributed by atoms with Crippen LogP contribution in [0.5, 0.6) is 0 Å². The average Bonchev–Trinajstić information content (AvgIpc) is 3.31. The molecule has 2 heteroatoms. The highest BCUT2D eigenvalue weighted by molar-refractivity contribution is 5.33. The highest BCUT2D eigenvalue weighted by Crippen LogP contribution is 2.15. The van der Waals surface area contributed by atoms with Crippen molar-refractivity contribution in [3.63, 3.8) is 0 Å². The van der Waals surface area contributed by atoms with Crippen LogP contribution in [0.4, 0.5) is 0 Å². The predicted octanol–water partition coefficient (Wildman–Crippen LogP) is 9.62. The fraction of sp³-hybridized carbons (Fsp3) is 0.559. The van der Waals surface area contributed by atoms with E-state index in [1.165, 1.54) is 120 Å². The van der Waals surface area contributed by atoms with Gasteiger partial charge in [-0.3, -0.25) is 0 Å². The van der Waals surface area contributed by atoms with Gasteiger partial charge in [0.25, 0.3) is 5.82 Å². The SMILES string of the molecule is CCCCCCCCCCCCCCCCCC[n+]1ccn(-c2ccccc2)c1Cc1ccccc1. The van der Waals surface area contributed by atoms with Crippen molar-refractivity contribution >= 4 is 0 Å². The normalized spacial score (nSPS) is 11.2. The minimum atomic E-state index is 0.960. The Balaban J connectivity index is 1.29. The summed E-state index contributed by atoms with van der Waals surface area (Å²) in [7, 11) is 0. The van der Waals surface area contributed by atoms with Gasteiger partial charge in [0.05, 0.1) is 13.0 Å². The number of rotatable bonds is 20. The van der Waals surface area contributed by atoms with Crippen LogP contribution in [0.1, 0.15) is 121 Å². The number of aromatic nitrogens is 2. The molecule has 1 aromatic heterocycles. The fourth-order valence-electron chi connectivity index (χ4n) is 5.28. The fourth-order valence-corrected chi connectivity index (χ4v) is 5.28. The maximum atomic E-state index is 2.48. The average molecular weight is 488 g/mol. The second-order valence-corrected chi connectivity index (χ2v) is 10.6. The third kappa shape index (κ3) is 10.7. The standard InChI is InChI=1S/C34H51N2/c1-2-3-4-5-6-7-8-9-10-11-12-13-14-15-16-23-28-35-29-30-36(33-26-21-18-22-27-33)34(35)31-32-24-19-17-20-25-32/h17-22,24-27,29-30H,2-16,23,28,31H2,1H3/q+1. The molecule has 3 rings (SSSR count). The van der Waals surface area contributed by atoms with Crippen LogP contribution < -0.4 is 4.57 Å². The van der Waals surface area contributed by atoms with E-state index in [0.29, 0.717) is 0 Å². The molecular formula is C34H51N2+. The molecule has 0 saturated heterocycles. The number of hydrogen-bond acceptors (Lipinski definition) is 0. The van der Waals surface area contributed by atoms with Crippen molar-refractivity contribution in [1.82, 2.24) is 4.57 Å². The Bertz CT molecular complexity index is 913. The molecule has 1 heterocycles. The van der Waals surface area contributed by atoms with E-state index in [1.54, 1.807) is 0 Å². The van der Waals surface area contributed by atoms with E-state index < -0.39 is 0 Å². The van der Waals surface area contributed by atoms with Crippen molar-refractivity contribution in [2.75, 3.05) is 0 Å². The van der Waals surface area contributed by atoms with Gasteiger partial charge in [0.1, 0.15) is 18.1 Å². The van der Waals surface area contributed by atoms with Gasteiger partial charge in [0, 0.05) is 0 Å². The van der Waals surface area contributed by atoms with Crippen molar-refractivity contribution in [1.29, 1.82) is 0 Å². The highest BCUT2D eigenvalue weighted by Gasteiger charge is 2.19. The molecule has 3 aromatic rings. The monoisotopic (exact) mass is 487 g/mol. The van der Waals surface area contributed by atoms with Gasteiger partial charge in [0.2, 0.25) is 0 Å². The van der Waals surface area contributed by atoms with Gasteiger partial charge < -0.3 is 0 Å². The smallest absolute Gasteiger partial charge is 0.234 e. The number of nitrogens with zero attached hydrogens (tertiary/aromatic N) is 2. The molecule has 2 nitrogen and oxygen atoms in total. The molecule has 0 atom stereocenters. The zero-order chi connectivity index (χ0) is 25.1. The van der Waals surface area contributed by atoms with Crippen molar-refractivity contribution in [3.05, 3.63) is 84.4 Å². The first-order valence-electron chi connectivity index (χ1n) is 15.1. The molecule has 196 valence electrons. The number of para-hydroxylation sites is 1. The molecule has 0 aliphatic carbocycles. The van der Waals surface area contributed by atoms with E-state index in [2.05, 4.69) is 89.1 Å². The molecule has 0 saturated carbocycles. The summed E-state index contributed by atoms with van der Waals surface area (Å²) in [6.07, 6.45) is 28.2. The summed E-state index contributed by atoms with van der Waals surface area (Å²) in [5.41, 5.74) is 2.61. The van der Waals surface area contributed by atoms with Crippen LogP contribution in [-0.2, 0) is 13.0 Å². The summed E-state index contributed by atoms with van der Waals surface area (Å²) in [6.45, 7) is 3.41. The number of aryl methyl sites for hydroxylation is 1. The lowest BCUT2D eigenvalue weighted by Gasteiger charge is -2.06. The Morgan fingerprint density at radius 2 is 1.03 bits per heavy atom. The topological polar surface area (TPSA) is 8.81 Å². The minimum absolute atomic E-state index is 0.960. The molecule has 0 N–H and O–H groups in total. The van der Waals surface area contributed by atoms with Gasteiger partial charge >= 0.3 is 0 Å². The summed E-state index contributed by atoms with van der Waals surface area (Å²) in [5, 5.41) is 0. The highest BCUT2D eigenvalue weighted by atomic mass is 15.1. The molecular weight excluding hydrogens is 436 g/mol. The molecule has 0 fully saturated rings. The lowest BCUT2D eigenvalue weighted by atomic mass is 10.0. The third-order valence-electron chi connectivity index (χ3n) is 7.50. The Kier molecular flexibility index (Phi) is 14.1. The number of imidazole rings is 1. The molecule has 0 spiro atoms. The molecule has 0 bridgehead atoms. The van der Waals surface area contributed by atoms with E-state index in [0.717, 1.165) is 13.0 Å². The number of benzene rings is 2. The van der Waals surface area contributed by atoms with Crippen molar-refractivity contribution in [2.45, 2.75) is 123 Å². The van der Waals surface area contributed by atoms with E-state index in [9.17, 15) is 0 Å². The molecule has 0 amide bonds. The first kappa shape index (κ1) is 28.2. The Labute approximate surface area is 221 Å². The second kappa shape index (κ2) is 18.0. The lowest BCUT2D eigenvalue weighted by molar-refractivity contribution is -0.703. The summed E-state index contributed by atoms with van der Waals surface area (Å²) < 4.78 is 4.84. The largest absolute Gasteiger partial charge is 0.266 e. The summed E-state index contributed by atoms with van der Waals surface area (Å²) >= 11 is 0. The van der Waals surface area contributed by atoms with Crippen LogP contribution in [0.15, 0.2) is 73.1 Å². The first-order valence-corrected chi connectivity index (χ1v) is 15.1. The van der Waals surface area contributed by atoms with Crippen LogP contribution in [-0.4, -0.2) is 4.57 Å². The number of unbranched alkanes of at least 4 members (excludes halogenated alkanes) is 15. The van der Waals surface area contributed by atoms with Gasteiger partial charge in [-0.2, -0.15) is 4.57 Å². The van der Waals surface area contributed by atoms with Crippen molar-refractivity contribution in [3.8, 4) is 5.69 Å². The van der Waals surface area contributed by atoms with E-state index in [-0.39, 0.29) is 0 Å². The van der Waals surface area contributed by atoms with E-state index in [4.69, 9.17) is 0 Å². The van der Waals surface area contributed by atoms with E-state index >= 15 is 0 Å². The minimum Gasteiger partial charge on any atom is -0.234 e. The van der Waals surface area contributed by atoms with Crippen LogP contribution in [0.3, 0.4) is 0 Å². The summed E-state index contributed by atoms with van der Waals surface area (Å²) in [4.78, 5) is 0.